The van der Waals surface area contributed by atoms with E-state index in [1.807, 2.05) is 18.2 Å². The minimum Gasteiger partial charge on any atom is -0.356 e. The van der Waals surface area contributed by atoms with Gasteiger partial charge in [0.1, 0.15) is 12.1 Å². The molecule has 0 bridgehead atoms. The lowest BCUT2D eigenvalue weighted by Gasteiger charge is -2.34. The molecule has 23 heavy (non-hydrogen) atoms. The molecule has 1 aliphatic heterocycles. The Labute approximate surface area is 140 Å². The summed E-state index contributed by atoms with van der Waals surface area (Å²) in [6, 6.07) is 5.60. The second-order valence-corrected chi connectivity index (χ2v) is 8.20. The van der Waals surface area contributed by atoms with Gasteiger partial charge in [0.2, 0.25) is 10.0 Å². The van der Waals surface area contributed by atoms with Gasteiger partial charge in [0.05, 0.1) is 11.8 Å². The molecule has 2 heterocycles. The van der Waals surface area contributed by atoms with E-state index in [0.717, 1.165) is 42.7 Å². The number of benzene rings is 1. The number of halogens is 1. The highest BCUT2D eigenvalue weighted by Gasteiger charge is 2.23. The number of anilines is 1. The van der Waals surface area contributed by atoms with Crippen molar-refractivity contribution in [1.82, 2.24) is 14.7 Å². The van der Waals surface area contributed by atoms with Crippen LogP contribution in [0, 0.1) is 5.92 Å². The molecule has 0 unspecified atom stereocenters. The number of rotatable bonds is 4. The number of aromatic nitrogens is 2. The normalized spacial score (nSPS) is 19.2. The van der Waals surface area contributed by atoms with Crippen LogP contribution < -0.4 is 9.62 Å². The SMILES string of the molecule is CS(=O)(=O)NC[C@@H]1CCCN(c2ncnc3cc(Cl)ccc23)C1. The van der Waals surface area contributed by atoms with Crippen LogP contribution in [0.3, 0.4) is 0 Å². The van der Waals surface area contributed by atoms with Gasteiger partial charge in [-0.15, -0.1) is 0 Å². The van der Waals surface area contributed by atoms with Crippen LogP contribution in [0.15, 0.2) is 24.5 Å². The Hall–Kier alpha value is -1.44. The molecule has 6 nitrogen and oxygen atoms in total. The first-order valence-corrected chi connectivity index (χ1v) is 9.79. The van der Waals surface area contributed by atoms with Crippen LogP contribution in [0.2, 0.25) is 5.02 Å². The smallest absolute Gasteiger partial charge is 0.208 e. The van der Waals surface area contributed by atoms with Crippen LogP contribution in [0.25, 0.3) is 10.9 Å². The summed E-state index contributed by atoms with van der Waals surface area (Å²) in [5.74, 6) is 1.16. The largest absolute Gasteiger partial charge is 0.356 e. The molecule has 1 aromatic carbocycles. The predicted molar refractivity (Wildman–Crippen MR) is 92.3 cm³/mol. The van der Waals surface area contributed by atoms with Crippen molar-refractivity contribution < 1.29 is 8.42 Å². The molecule has 0 spiro atoms. The van der Waals surface area contributed by atoms with E-state index in [1.165, 1.54) is 6.26 Å². The molecular weight excluding hydrogens is 336 g/mol. The number of nitrogens with zero attached hydrogens (tertiary/aromatic N) is 3. The van der Waals surface area contributed by atoms with E-state index in [1.54, 1.807) is 6.33 Å². The summed E-state index contributed by atoms with van der Waals surface area (Å²) in [4.78, 5) is 10.9. The molecule has 1 N–H and O–H groups in total. The molecule has 1 atom stereocenters. The molecule has 1 aliphatic rings. The molecule has 1 fully saturated rings. The summed E-state index contributed by atoms with van der Waals surface area (Å²) in [6.45, 7) is 2.14. The molecule has 124 valence electrons. The zero-order valence-corrected chi connectivity index (χ0v) is 14.4. The summed E-state index contributed by atoms with van der Waals surface area (Å²) in [5, 5.41) is 1.62. The van der Waals surface area contributed by atoms with Crippen molar-refractivity contribution >= 4 is 38.3 Å². The minimum absolute atomic E-state index is 0.274. The monoisotopic (exact) mass is 354 g/mol. The number of fused-ring (bicyclic) bond motifs is 1. The van der Waals surface area contributed by atoms with E-state index in [0.29, 0.717) is 11.6 Å². The second kappa shape index (κ2) is 6.59. The molecule has 0 amide bonds. The van der Waals surface area contributed by atoms with Gasteiger partial charge < -0.3 is 4.90 Å². The summed E-state index contributed by atoms with van der Waals surface area (Å²) in [5.41, 5.74) is 0.818. The average Bonchev–Trinajstić information content (AvgIpc) is 2.52. The van der Waals surface area contributed by atoms with Gasteiger partial charge in [-0.3, -0.25) is 0 Å². The Kier molecular flexibility index (Phi) is 4.70. The van der Waals surface area contributed by atoms with Gasteiger partial charge in [0.15, 0.2) is 0 Å². The number of piperidine rings is 1. The third kappa shape index (κ3) is 4.10. The topological polar surface area (TPSA) is 75.2 Å². The highest BCUT2D eigenvalue weighted by atomic mass is 35.5. The summed E-state index contributed by atoms with van der Waals surface area (Å²) in [6.07, 6.45) is 4.75. The number of sulfonamides is 1. The van der Waals surface area contributed by atoms with Crippen molar-refractivity contribution in [2.75, 3.05) is 30.8 Å². The fourth-order valence-corrected chi connectivity index (χ4v) is 3.67. The molecule has 8 heteroatoms. The molecular formula is C15H19ClN4O2S. The molecule has 0 radical (unpaired) electrons. The van der Waals surface area contributed by atoms with E-state index in [9.17, 15) is 8.42 Å². The number of hydrogen-bond donors (Lipinski definition) is 1. The summed E-state index contributed by atoms with van der Waals surface area (Å²) < 4.78 is 25.2. The highest BCUT2D eigenvalue weighted by Crippen LogP contribution is 2.28. The molecule has 0 saturated carbocycles. The Morgan fingerprint density at radius 1 is 1.39 bits per heavy atom. The first kappa shape index (κ1) is 16.4. The Morgan fingerprint density at radius 2 is 2.22 bits per heavy atom. The van der Waals surface area contributed by atoms with Crippen LogP contribution in [0.5, 0.6) is 0 Å². The lowest BCUT2D eigenvalue weighted by Crippen LogP contribution is -2.41. The van der Waals surface area contributed by atoms with Gasteiger partial charge in [0.25, 0.3) is 0 Å². The minimum atomic E-state index is -3.15. The quantitative estimate of drug-likeness (QED) is 0.909. The zero-order chi connectivity index (χ0) is 16.4. The predicted octanol–water partition coefficient (Wildman–Crippen LogP) is 2.05. The maximum Gasteiger partial charge on any atom is 0.208 e. The molecule has 1 aromatic heterocycles. The van der Waals surface area contributed by atoms with E-state index in [4.69, 9.17) is 11.6 Å². The van der Waals surface area contributed by atoms with Crippen LogP contribution >= 0.6 is 11.6 Å². The van der Waals surface area contributed by atoms with Gasteiger partial charge in [-0.05, 0) is 37.0 Å². The van der Waals surface area contributed by atoms with Crippen molar-refractivity contribution in [3.05, 3.63) is 29.5 Å². The Balaban J connectivity index is 1.81. The highest BCUT2D eigenvalue weighted by molar-refractivity contribution is 7.88. The Bertz CT molecular complexity index is 812. The van der Waals surface area contributed by atoms with E-state index >= 15 is 0 Å². The number of nitrogens with one attached hydrogen (secondary N) is 1. The zero-order valence-electron chi connectivity index (χ0n) is 12.9. The maximum atomic E-state index is 11.3. The first-order valence-electron chi connectivity index (χ1n) is 7.52. The van der Waals surface area contributed by atoms with E-state index in [-0.39, 0.29) is 5.92 Å². The third-order valence-corrected chi connectivity index (χ3v) is 4.96. The van der Waals surface area contributed by atoms with Gasteiger partial charge >= 0.3 is 0 Å². The Morgan fingerprint density at radius 3 is 3.00 bits per heavy atom. The van der Waals surface area contributed by atoms with Crippen LogP contribution in [0.1, 0.15) is 12.8 Å². The van der Waals surface area contributed by atoms with Crippen molar-refractivity contribution in [2.45, 2.75) is 12.8 Å². The van der Waals surface area contributed by atoms with Gasteiger partial charge in [-0.2, -0.15) is 0 Å². The van der Waals surface area contributed by atoms with Crippen molar-refractivity contribution in [3.8, 4) is 0 Å². The fourth-order valence-electron chi connectivity index (χ4n) is 2.96. The lowest BCUT2D eigenvalue weighted by molar-refractivity contribution is 0.410. The molecule has 2 aromatic rings. The van der Waals surface area contributed by atoms with Crippen molar-refractivity contribution in [1.29, 1.82) is 0 Å². The molecule has 1 saturated heterocycles. The first-order chi connectivity index (χ1) is 10.9. The van der Waals surface area contributed by atoms with Crippen LogP contribution in [-0.4, -0.2) is 44.3 Å². The summed E-state index contributed by atoms with van der Waals surface area (Å²) >= 11 is 6.02. The second-order valence-electron chi connectivity index (χ2n) is 5.93. The molecule has 0 aliphatic carbocycles. The van der Waals surface area contributed by atoms with Gasteiger partial charge in [-0.25, -0.2) is 23.1 Å². The fraction of sp³-hybridized carbons (Fsp3) is 0.467. The number of hydrogen-bond acceptors (Lipinski definition) is 5. The molecule has 3 rings (SSSR count). The van der Waals surface area contributed by atoms with E-state index < -0.39 is 10.0 Å². The lowest BCUT2D eigenvalue weighted by atomic mass is 9.98. The third-order valence-electron chi connectivity index (χ3n) is 4.03. The van der Waals surface area contributed by atoms with Gasteiger partial charge in [0, 0.05) is 30.0 Å². The van der Waals surface area contributed by atoms with Crippen molar-refractivity contribution in [2.24, 2.45) is 5.92 Å². The van der Waals surface area contributed by atoms with Crippen molar-refractivity contribution in [3.63, 3.8) is 0 Å². The maximum absolute atomic E-state index is 11.3. The summed E-state index contributed by atoms with van der Waals surface area (Å²) in [7, 11) is -3.15. The average molecular weight is 355 g/mol. The van der Waals surface area contributed by atoms with Gasteiger partial charge in [-0.1, -0.05) is 11.6 Å². The van der Waals surface area contributed by atoms with E-state index in [2.05, 4.69) is 19.6 Å². The van der Waals surface area contributed by atoms with Crippen LogP contribution in [-0.2, 0) is 10.0 Å². The standard InChI is InChI=1S/C15H19ClN4O2S/c1-23(21,22)19-8-11-3-2-6-20(9-11)15-13-5-4-12(16)7-14(13)17-10-18-15/h4-5,7,10-11,19H,2-3,6,8-9H2,1H3/t11-/m0/s1. The van der Waals surface area contributed by atoms with Crippen LogP contribution in [0.4, 0.5) is 5.82 Å².